The summed E-state index contributed by atoms with van der Waals surface area (Å²) in [6.07, 6.45) is 4.97. The van der Waals surface area contributed by atoms with Crippen molar-refractivity contribution < 1.29 is 14.3 Å². The lowest BCUT2D eigenvalue weighted by molar-refractivity contribution is 0.0581. The Morgan fingerprint density at radius 1 is 1.13 bits per heavy atom. The second kappa shape index (κ2) is 8.10. The summed E-state index contributed by atoms with van der Waals surface area (Å²) in [5, 5.41) is 13.4. The van der Waals surface area contributed by atoms with E-state index in [0.717, 1.165) is 29.5 Å². The molecular formula is C22H22N6O3. The maximum absolute atomic E-state index is 12.9. The molecular weight excluding hydrogens is 396 g/mol. The highest BCUT2D eigenvalue weighted by molar-refractivity contribution is 5.98. The average molecular weight is 418 g/mol. The number of carbonyl (C=O) groups excluding carboxylic acids is 1. The predicted octanol–water partition coefficient (Wildman–Crippen LogP) is 2.84. The molecule has 1 amide bonds. The molecule has 0 spiro atoms. The Kier molecular flexibility index (Phi) is 4.99. The second-order valence-corrected chi connectivity index (χ2v) is 7.43. The van der Waals surface area contributed by atoms with E-state index in [2.05, 4.69) is 20.3 Å². The summed E-state index contributed by atoms with van der Waals surface area (Å²) in [5.74, 6) is 1.86. The van der Waals surface area contributed by atoms with Crippen molar-refractivity contribution in [1.82, 2.24) is 29.9 Å². The van der Waals surface area contributed by atoms with Crippen LogP contribution in [-0.4, -0.2) is 62.1 Å². The average Bonchev–Trinajstić information content (AvgIpc) is 3.49. The Bertz CT molecular complexity index is 1180. The fraction of sp³-hybridized carbons (Fsp3) is 0.273. The van der Waals surface area contributed by atoms with Crippen molar-refractivity contribution >= 4 is 16.8 Å². The number of aromatic amines is 1. The monoisotopic (exact) mass is 418 g/mol. The zero-order valence-corrected chi connectivity index (χ0v) is 17.1. The molecule has 0 saturated carbocycles. The smallest absolute Gasteiger partial charge is 0.270 e. The predicted molar refractivity (Wildman–Crippen MR) is 114 cm³/mol. The van der Waals surface area contributed by atoms with Crippen LogP contribution in [0.1, 0.15) is 23.3 Å². The zero-order valence-electron chi connectivity index (χ0n) is 17.1. The Balaban J connectivity index is 1.19. The molecule has 0 aliphatic carbocycles. The van der Waals surface area contributed by atoms with E-state index in [1.54, 1.807) is 30.3 Å². The first kappa shape index (κ1) is 19.1. The summed E-state index contributed by atoms with van der Waals surface area (Å²) in [5.41, 5.74) is 1.47. The molecule has 158 valence electrons. The van der Waals surface area contributed by atoms with Gasteiger partial charge in [0, 0.05) is 61.4 Å². The van der Waals surface area contributed by atoms with Crippen LogP contribution < -0.4 is 9.47 Å². The lowest BCUT2D eigenvalue weighted by atomic mass is 10.1. The van der Waals surface area contributed by atoms with Crippen molar-refractivity contribution in [2.75, 3.05) is 20.2 Å². The van der Waals surface area contributed by atoms with Crippen molar-refractivity contribution in [2.45, 2.75) is 18.9 Å². The number of amides is 1. The number of piperidine rings is 1. The number of aromatic nitrogens is 5. The molecule has 0 unspecified atom stereocenters. The Morgan fingerprint density at radius 3 is 2.71 bits per heavy atom. The van der Waals surface area contributed by atoms with Gasteiger partial charge < -0.3 is 19.4 Å². The number of rotatable bonds is 5. The van der Waals surface area contributed by atoms with Gasteiger partial charge in [0.1, 0.15) is 17.5 Å². The Labute approximate surface area is 178 Å². The van der Waals surface area contributed by atoms with E-state index in [-0.39, 0.29) is 12.0 Å². The first-order valence-corrected chi connectivity index (χ1v) is 10.2. The van der Waals surface area contributed by atoms with E-state index in [9.17, 15) is 4.79 Å². The molecule has 3 aromatic heterocycles. The van der Waals surface area contributed by atoms with Gasteiger partial charge in [0.05, 0.1) is 7.11 Å². The number of nitrogens with one attached hydrogen (secondary N) is 1. The number of hydrogen-bond acceptors (Lipinski definition) is 6. The molecule has 31 heavy (non-hydrogen) atoms. The summed E-state index contributed by atoms with van der Waals surface area (Å²) >= 11 is 0. The lowest BCUT2D eigenvalue weighted by Crippen LogP contribution is -2.42. The largest absolute Gasteiger partial charge is 0.497 e. The number of H-pyrrole nitrogens is 1. The first-order valence-electron chi connectivity index (χ1n) is 10.2. The summed E-state index contributed by atoms with van der Waals surface area (Å²) in [6, 6.07) is 13.0. The number of nitrogens with zero attached hydrogens (tertiary/aromatic N) is 5. The van der Waals surface area contributed by atoms with Crippen LogP contribution in [0.4, 0.5) is 0 Å². The van der Waals surface area contributed by atoms with Crippen molar-refractivity contribution in [1.29, 1.82) is 0 Å². The molecule has 1 aliphatic rings. The third-order valence-electron chi connectivity index (χ3n) is 5.44. The van der Waals surface area contributed by atoms with Crippen LogP contribution in [0.5, 0.6) is 11.6 Å². The van der Waals surface area contributed by atoms with Gasteiger partial charge in [0.15, 0.2) is 5.82 Å². The summed E-state index contributed by atoms with van der Waals surface area (Å²) in [4.78, 5) is 18.0. The van der Waals surface area contributed by atoms with Gasteiger partial charge in [-0.2, -0.15) is 5.10 Å². The highest BCUT2D eigenvalue weighted by Gasteiger charge is 2.26. The Hall–Kier alpha value is -3.88. The maximum Gasteiger partial charge on any atom is 0.270 e. The van der Waals surface area contributed by atoms with Gasteiger partial charge >= 0.3 is 0 Å². The van der Waals surface area contributed by atoms with Crippen molar-refractivity contribution in [3.05, 3.63) is 60.6 Å². The van der Waals surface area contributed by atoms with Crippen LogP contribution in [-0.2, 0) is 0 Å². The molecule has 1 saturated heterocycles. The quantitative estimate of drug-likeness (QED) is 0.535. The minimum absolute atomic E-state index is 0.000813. The number of benzene rings is 1. The van der Waals surface area contributed by atoms with Crippen LogP contribution in [0.2, 0.25) is 0 Å². The summed E-state index contributed by atoms with van der Waals surface area (Å²) < 4.78 is 12.9. The number of ether oxygens (including phenoxy) is 2. The lowest BCUT2D eigenvalue weighted by Gasteiger charge is -2.31. The number of likely N-dealkylation sites (tertiary alicyclic amines) is 1. The van der Waals surface area contributed by atoms with Gasteiger partial charge in [-0.1, -0.05) is 0 Å². The highest BCUT2D eigenvalue weighted by Crippen LogP contribution is 2.23. The number of hydrogen-bond donors (Lipinski definition) is 1. The van der Waals surface area contributed by atoms with Crippen LogP contribution in [0.15, 0.2) is 54.9 Å². The third kappa shape index (κ3) is 3.94. The van der Waals surface area contributed by atoms with E-state index >= 15 is 0 Å². The van der Waals surface area contributed by atoms with Crippen LogP contribution >= 0.6 is 0 Å². The van der Waals surface area contributed by atoms with Crippen molar-refractivity contribution in [3.63, 3.8) is 0 Å². The molecule has 5 rings (SSSR count). The van der Waals surface area contributed by atoms with Gasteiger partial charge in [-0.3, -0.25) is 4.79 Å². The SMILES string of the molecule is COc1ccc2cc(C(=O)N3CCC(Oc4ccc(-n5cccn5)nn4)CC3)[nH]c2c1. The minimum Gasteiger partial charge on any atom is -0.497 e. The standard InChI is InChI=1S/C22H22N6O3/c1-30-17-4-3-15-13-19(24-18(15)14-17)22(29)27-11-7-16(8-12-27)31-21-6-5-20(25-26-21)28-10-2-9-23-28/h2-6,9-10,13-14,16,24H,7-8,11-12H2,1H3. The number of fused-ring (bicyclic) bond motifs is 1. The normalized spacial score (nSPS) is 14.7. The second-order valence-electron chi connectivity index (χ2n) is 7.43. The number of methoxy groups -OCH3 is 1. The minimum atomic E-state index is -0.00279. The van der Waals surface area contributed by atoms with Gasteiger partial charge in [0.25, 0.3) is 5.91 Å². The van der Waals surface area contributed by atoms with Crippen LogP contribution in [0.25, 0.3) is 16.7 Å². The van der Waals surface area contributed by atoms with Gasteiger partial charge in [0.2, 0.25) is 5.88 Å². The van der Waals surface area contributed by atoms with Crippen molar-refractivity contribution in [3.8, 4) is 17.4 Å². The fourth-order valence-electron chi connectivity index (χ4n) is 3.77. The molecule has 1 fully saturated rings. The van der Waals surface area contributed by atoms with E-state index < -0.39 is 0 Å². The molecule has 1 aliphatic heterocycles. The number of carbonyl (C=O) groups is 1. The fourth-order valence-corrected chi connectivity index (χ4v) is 3.77. The first-order chi connectivity index (χ1) is 15.2. The molecule has 9 nitrogen and oxygen atoms in total. The molecule has 0 atom stereocenters. The molecule has 9 heteroatoms. The molecule has 4 heterocycles. The van der Waals surface area contributed by atoms with E-state index in [1.165, 1.54) is 0 Å². The van der Waals surface area contributed by atoms with Crippen LogP contribution in [0, 0.1) is 0 Å². The van der Waals surface area contributed by atoms with E-state index in [1.807, 2.05) is 41.3 Å². The molecule has 1 aromatic carbocycles. The van der Waals surface area contributed by atoms with E-state index in [0.29, 0.717) is 30.5 Å². The summed E-state index contributed by atoms with van der Waals surface area (Å²) in [6.45, 7) is 1.25. The molecule has 0 radical (unpaired) electrons. The van der Waals surface area contributed by atoms with Gasteiger partial charge in [-0.05, 0) is 30.3 Å². The zero-order chi connectivity index (χ0) is 21.2. The molecule has 0 bridgehead atoms. The van der Waals surface area contributed by atoms with Crippen molar-refractivity contribution in [2.24, 2.45) is 0 Å². The van der Waals surface area contributed by atoms with Gasteiger partial charge in [-0.15, -0.1) is 10.2 Å². The molecule has 4 aromatic rings. The third-order valence-corrected chi connectivity index (χ3v) is 5.44. The topological polar surface area (TPSA) is 98.2 Å². The molecule has 1 N–H and O–H groups in total. The van der Waals surface area contributed by atoms with Crippen LogP contribution in [0.3, 0.4) is 0 Å². The van der Waals surface area contributed by atoms with Gasteiger partial charge in [-0.25, -0.2) is 4.68 Å². The summed E-state index contributed by atoms with van der Waals surface area (Å²) in [7, 11) is 1.63. The highest BCUT2D eigenvalue weighted by atomic mass is 16.5. The maximum atomic E-state index is 12.9. The Morgan fingerprint density at radius 2 is 2.00 bits per heavy atom. The van der Waals surface area contributed by atoms with E-state index in [4.69, 9.17) is 9.47 Å².